The van der Waals surface area contributed by atoms with Crippen molar-refractivity contribution in [1.29, 1.82) is 0 Å². The number of nitrogens with one attached hydrogen (secondary N) is 1. The predicted octanol–water partition coefficient (Wildman–Crippen LogP) is 1.27. The summed E-state index contributed by atoms with van der Waals surface area (Å²) in [5.74, 6) is 0.476. The minimum absolute atomic E-state index is 0.253. The smallest absolute Gasteiger partial charge is 0.306 e. The van der Waals surface area contributed by atoms with Crippen LogP contribution < -0.4 is 14.8 Å². The number of hydrogen-bond donors (Lipinski definition) is 1. The number of rotatable bonds is 7. The Hall–Kier alpha value is -2.24. The lowest BCUT2D eigenvalue weighted by Crippen LogP contribution is -2.28. The average Bonchev–Trinajstić information content (AvgIpc) is 2.49. The summed E-state index contributed by atoms with van der Waals surface area (Å²) in [5, 5.41) is 2.65. The minimum atomic E-state index is -0.397. The molecule has 0 aliphatic rings. The predicted molar refractivity (Wildman–Crippen MR) is 72.6 cm³/mol. The summed E-state index contributed by atoms with van der Waals surface area (Å²) in [6, 6.07) is 5.36. The highest BCUT2D eigenvalue weighted by molar-refractivity contribution is 5.80. The Morgan fingerprint density at radius 3 is 2.45 bits per heavy atom. The van der Waals surface area contributed by atoms with Gasteiger partial charge in [-0.2, -0.15) is 0 Å². The molecule has 0 saturated carbocycles. The van der Waals surface area contributed by atoms with Crippen LogP contribution >= 0.6 is 0 Å². The zero-order valence-electron chi connectivity index (χ0n) is 11.9. The van der Waals surface area contributed by atoms with Crippen LogP contribution in [0.3, 0.4) is 0 Å². The Bertz CT molecular complexity index is 473. The summed E-state index contributed by atoms with van der Waals surface area (Å²) in [6.07, 6.45) is 0.253. The fourth-order valence-electron chi connectivity index (χ4n) is 1.49. The lowest BCUT2D eigenvalue weighted by Gasteiger charge is -2.10. The fraction of sp³-hybridized carbons (Fsp3) is 0.429. The van der Waals surface area contributed by atoms with Gasteiger partial charge in [-0.3, -0.25) is 9.59 Å². The van der Waals surface area contributed by atoms with Crippen LogP contribution in [0.5, 0.6) is 11.5 Å². The van der Waals surface area contributed by atoms with Crippen LogP contribution in [0.1, 0.15) is 18.9 Å². The van der Waals surface area contributed by atoms with Gasteiger partial charge in [0.25, 0.3) is 5.91 Å². The van der Waals surface area contributed by atoms with E-state index in [2.05, 4.69) is 5.32 Å². The molecule has 0 spiro atoms. The molecule has 0 aliphatic carbocycles. The van der Waals surface area contributed by atoms with Gasteiger partial charge < -0.3 is 19.5 Å². The van der Waals surface area contributed by atoms with E-state index in [-0.39, 0.29) is 18.9 Å². The largest absolute Gasteiger partial charge is 0.493 e. The van der Waals surface area contributed by atoms with Crippen LogP contribution in [0.4, 0.5) is 0 Å². The maximum absolute atomic E-state index is 11.5. The van der Waals surface area contributed by atoms with Crippen LogP contribution in [0.2, 0.25) is 0 Å². The number of esters is 1. The third-order valence-electron chi connectivity index (χ3n) is 2.59. The molecule has 1 rings (SSSR count). The number of methoxy groups -OCH3 is 2. The molecule has 0 heterocycles. The van der Waals surface area contributed by atoms with E-state index in [1.165, 1.54) is 0 Å². The Labute approximate surface area is 118 Å². The molecule has 1 amide bonds. The van der Waals surface area contributed by atoms with Crippen molar-refractivity contribution in [2.24, 2.45) is 0 Å². The lowest BCUT2D eigenvalue weighted by atomic mass is 10.2. The Kier molecular flexibility index (Phi) is 6.36. The summed E-state index contributed by atoms with van der Waals surface area (Å²) in [6.45, 7) is 1.73. The second-order valence-electron chi connectivity index (χ2n) is 3.98. The first-order valence-corrected chi connectivity index (χ1v) is 6.24. The van der Waals surface area contributed by atoms with Crippen molar-refractivity contribution in [2.45, 2.75) is 19.9 Å². The maximum atomic E-state index is 11.5. The number of ether oxygens (including phenoxy) is 3. The average molecular weight is 281 g/mol. The molecule has 0 bridgehead atoms. The number of carbonyl (C=O) groups is 2. The van der Waals surface area contributed by atoms with Crippen molar-refractivity contribution < 1.29 is 23.8 Å². The van der Waals surface area contributed by atoms with Gasteiger partial charge in [0.1, 0.15) is 0 Å². The fourth-order valence-corrected chi connectivity index (χ4v) is 1.49. The van der Waals surface area contributed by atoms with Crippen LogP contribution in [0.25, 0.3) is 0 Å². The standard InChI is InChI=1S/C14H19NO5/c1-4-14(17)20-9-13(16)15-8-10-5-6-11(18-2)12(7-10)19-3/h5-7H,4,8-9H2,1-3H3,(H,15,16). The van der Waals surface area contributed by atoms with E-state index in [0.29, 0.717) is 18.0 Å². The molecule has 1 N–H and O–H groups in total. The van der Waals surface area contributed by atoms with Gasteiger partial charge in [0, 0.05) is 13.0 Å². The van der Waals surface area contributed by atoms with E-state index >= 15 is 0 Å². The van der Waals surface area contributed by atoms with Crippen molar-refractivity contribution in [3.63, 3.8) is 0 Å². The van der Waals surface area contributed by atoms with Crippen LogP contribution in [-0.2, 0) is 20.9 Å². The molecular formula is C14H19NO5. The first kappa shape index (κ1) is 15.8. The molecule has 0 unspecified atom stereocenters. The first-order chi connectivity index (χ1) is 9.60. The molecular weight excluding hydrogens is 262 g/mol. The van der Waals surface area contributed by atoms with E-state index < -0.39 is 5.97 Å². The van der Waals surface area contributed by atoms with E-state index in [4.69, 9.17) is 14.2 Å². The van der Waals surface area contributed by atoms with E-state index in [0.717, 1.165) is 5.56 Å². The van der Waals surface area contributed by atoms with Gasteiger partial charge in [-0.15, -0.1) is 0 Å². The number of carbonyl (C=O) groups excluding carboxylic acids is 2. The van der Waals surface area contributed by atoms with Crippen molar-refractivity contribution in [3.8, 4) is 11.5 Å². The van der Waals surface area contributed by atoms with Gasteiger partial charge in [-0.05, 0) is 17.7 Å². The first-order valence-electron chi connectivity index (χ1n) is 6.24. The Morgan fingerprint density at radius 1 is 1.15 bits per heavy atom. The number of benzene rings is 1. The van der Waals surface area contributed by atoms with Crippen molar-refractivity contribution >= 4 is 11.9 Å². The molecule has 1 aromatic carbocycles. The van der Waals surface area contributed by atoms with E-state index in [1.807, 2.05) is 6.07 Å². The van der Waals surface area contributed by atoms with Crippen molar-refractivity contribution in [1.82, 2.24) is 5.32 Å². The third kappa shape index (κ3) is 4.79. The molecule has 20 heavy (non-hydrogen) atoms. The van der Waals surface area contributed by atoms with Gasteiger partial charge in [-0.25, -0.2) is 0 Å². The molecule has 0 saturated heterocycles. The Balaban J connectivity index is 2.49. The molecule has 0 atom stereocenters. The maximum Gasteiger partial charge on any atom is 0.306 e. The molecule has 110 valence electrons. The zero-order valence-corrected chi connectivity index (χ0v) is 11.9. The summed E-state index contributed by atoms with van der Waals surface area (Å²) in [7, 11) is 3.10. The summed E-state index contributed by atoms with van der Waals surface area (Å²) in [4.78, 5) is 22.4. The highest BCUT2D eigenvalue weighted by Gasteiger charge is 2.07. The quantitative estimate of drug-likeness (QED) is 0.762. The van der Waals surface area contributed by atoms with Gasteiger partial charge in [0.2, 0.25) is 0 Å². The van der Waals surface area contributed by atoms with Gasteiger partial charge in [0.15, 0.2) is 18.1 Å². The van der Waals surface area contributed by atoms with E-state index in [9.17, 15) is 9.59 Å². The highest BCUT2D eigenvalue weighted by atomic mass is 16.5. The number of amides is 1. The zero-order chi connectivity index (χ0) is 15.0. The molecule has 1 aromatic rings. The van der Waals surface area contributed by atoms with Crippen LogP contribution in [0.15, 0.2) is 18.2 Å². The monoisotopic (exact) mass is 281 g/mol. The van der Waals surface area contributed by atoms with Gasteiger partial charge in [0.05, 0.1) is 14.2 Å². The summed E-state index contributed by atoms with van der Waals surface area (Å²) in [5.41, 5.74) is 0.859. The molecule has 0 radical (unpaired) electrons. The van der Waals surface area contributed by atoms with Gasteiger partial charge >= 0.3 is 5.97 Å². The third-order valence-corrected chi connectivity index (χ3v) is 2.59. The normalized spacial score (nSPS) is 9.75. The molecule has 6 nitrogen and oxygen atoms in total. The summed E-state index contributed by atoms with van der Waals surface area (Å²) >= 11 is 0. The second kappa shape index (κ2) is 8.04. The Morgan fingerprint density at radius 2 is 1.85 bits per heavy atom. The van der Waals surface area contributed by atoms with Crippen molar-refractivity contribution in [3.05, 3.63) is 23.8 Å². The minimum Gasteiger partial charge on any atom is -0.493 e. The van der Waals surface area contributed by atoms with E-state index in [1.54, 1.807) is 33.3 Å². The molecule has 0 aromatic heterocycles. The molecule has 0 aliphatic heterocycles. The van der Waals surface area contributed by atoms with Gasteiger partial charge in [-0.1, -0.05) is 13.0 Å². The topological polar surface area (TPSA) is 73.9 Å². The molecule has 6 heteroatoms. The lowest BCUT2D eigenvalue weighted by molar-refractivity contribution is -0.148. The summed E-state index contributed by atoms with van der Waals surface area (Å²) < 4.78 is 15.0. The van der Waals surface area contributed by atoms with Crippen LogP contribution in [0, 0.1) is 0 Å². The number of hydrogen-bond acceptors (Lipinski definition) is 5. The SMILES string of the molecule is CCC(=O)OCC(=O)NCc1ccc(OC)c(OC)c1. The van der Waals surface area contributed by atoms with Crippen LogP contribution in [-0.4, -0.2) is 32.7 Å². The van der Waals surface area contributed by atoms with Crippen molar-refractivity contribution in [2.75, 3.05) is 20.8 Å². The highest BCUT2D eigenvalue weighted by Crippen LogP contribution is 2.27. The second-order valence-corrected chi connectivity index (χ2v) is 3.98. The molecule has 0 fully saturated rings.